The molecular weight excluding hydrogens is 408 g/mol. The Labute approximate surface area is 192 Å². The van der Waals surface area contributed by atoms with Gasteiger partial charge in [0.25, 0.3) is 0 Å². The third-order valence-corrected chi connectivity index (χ3v) is 5.87. The van der Waals surface area contributed by atoms with Crippen LogP contribution in [0.2, 0.25) is 0 Å². The zero-order valence-electron chi connectivity index (χ0n) is 19.2. The van der Waals surface area contributed by atoms with Crippen LogP contribution in [0.4, 0.5) is 5.69 Å². The number of aromatic hydroxyl groups is 1. The van der Waals surface area contributed by atoms with Crippen LogP contribution in [0.1, 0.15) is 37.5 Å². The van der Waals surface area contributed by atoms with Crippen molar-refractivity contribution in [2.75, 3.05) is 0 Å². The minimum absolute atomic E-state index is 0.0243. The molecule has 0 atom stereocenters. The topological polar surface area (TPSA) is 74.2 Å². The van der Waals surface area contributed by atoms with Crippen molar-refractivity contribution in [1.29, 1.82) is 0 Å². The molecule has 0 saturated carbocycles. The number of aryl methyl sites for hydroxylation is 1. The standard InChI is InChI=1S/C28H26N4O/c1-17-14-20(28(2,3)4)15-19(26(17)33)16-29-23-11-7-8-18-12-13-24(30-25(18)23)27-31-21-9-5-6-10-22(21)32-27/h5-16,33H,1-4H3,(H,31,32). The molecule has 3 aromatic carbocycles. The van der Waals surface area contributed by atoms with Gasteiger partial charge < -0.3 is 10.1 Å². The number of para-hydroxylation sites is 3. The molecule has 0 aliphatic rings. The van der Waals surface area contributed by atoms with Crippen molar-refractivity contribution in [3.05, 3.63) is 83.4 Å². The first kappa shape index (κ1) is 20.9. The number of phenolic OH excluding ortho intramolecular Hbond substituents is 1. The number of benzene rings is 3. The molecule has 0 fully saturated rings. The summed E-state index contributed by atoms with van der Waals surface area (Å²) in [4.78, 5) is 17.6. The summed E-state index contributed by atoms with van der Waals surface area (Å²) < 4.78 is 0. The third-order valence-electron chi connectivity index (χ3n) is 5.87. The Balaban J connectivity index is 1.58. The number of imidazole rings is 1. The van der Waals surface area contributed by atoms with Gasteiger partial charge in [0, 0.05) is 17.2 Å². The van der Waals surface area contributed by atoms with Gasteiger partial charge in [0.15, 0.2) is 5.82 Å². The van der Waals surface area contributed by atoms with Crippen molar-refractivity contribution in [3.63, 3.8) is 0 Å². The summed E-state index contributed by atoms with van der Waals surface area (Å²) in [7, 11) is 0. The Kier molecular flexibility index (Phi) is 4.97. The second kappa shape index (κ2) is 7.85. The number of phenols is 1. The minimum Gasteiger partial charge on any atom is -0.507 e. The summed E-state index contributed by atoms with van der Waals surface area (Å²) in [6.45, 7) is 8.40. The molecule has 0 aliphatic heterocycles. The van der Waals surface area contributed by atoms with E-state index in [1.807, 2.05) is 73.7 Å². The van der Waals surface area contributed by atoms with Crippen LogP contribution in [0.3, 0.4) is 0 Å². The first-order chi connectivity index (χ1) is 15.8. The monoisotopic (exact) mass is 434 g/mol. The maximum absolute atomic E-state index is 10.6. The maximum atomic E-state index is 10.6. The van der Waals surface area contributed by atoms with Crippen molar-refractivity contribution >= 4 is 33.8 Å². The van der Waals surface area contributed by atoms with Crippen LogP contribution in [0.25, 0.3) is 33.5 Å². The van der Waals surface area contributed by atoms with Crippen molar-refractivity contribution in [2.24, 2.45) is 4.99 Å². The van der Waals surface area contributed by atoms with E-state index < -0.39 is 0 Å². The second-order valence-corrected chi connectivity index (χ2v) is 9.39. The fourth-order valence-electron chi connectivity index (χ4n) is 3.92. The summed E-state index contributed by atoms with van der Waals surface area (Å²) in [5.41, 5.74) is 6.84. The highest BCUT2D eigenvalue weighted by atomic mass is 16.3. The molecule has 5 nitrogen and oxygen atoms in total. The first-order valence-electron chi connectivity index (χ1n) is 11.0. The molecule has 0 unspecified atom stereocenters. The fraction of sp³-hybridized carbons (Fsp3) is 0.179. The van der Waals surface area contributed by atoms with Gasteiger partial charge in [0.05, 0.1) is 22.2 Å². The minimum atomic E-state index is -0.0243. The zero-order chi connectivity index (χ0) is 23.2. The van der Waals surface area contributed by atoms with E-state index in [4.69, 9.17) is 9.98 Å². The number of aromatic nitrogens is 3. The van der Waals surface area contributed by atoms with Gasteiger partial charge in [-0.25, -0.2) is 9.97 Å². The number of nitrogens with one attached hydrogen (secondary N) is 1. The van der Waals surface area contributed by atoms with E-state index in [1.165, 1.54) is 0 Å². The Bertz CT molecular complexity index is 1490. The molecule has 33 heavy (non-hydrogen) atoms. The van der Waals surface area contributed by atoms with Crippen molar-refractivity contribution in [2.45, 2.75) is 33.1 Å². The molecule has 164 valence electrons. The molecule has 0 radical (unpaired) electrons. The number of H-pyrrole nitrogens is 1. The van der Waals surface area contributed by atoms with Gasteiger partial charge in [0.1, 0.15) is 11.4 Å². The largest absolute Gasteiger partial charge is 0.507 e. The lowest BCUT2D eigenvalue weighted by Crippen LogP contribution is -2.12. The summed E-state index contributed by atoms with van der Waals surface area (Å²) in [5, 5.41) is 11.6. The Morgan fingerprint density at radius 1 is 0.939 bits per heavy atom. The summed E-state index contributed by atoms with van der Waals surface area (Å²) >= 11 is 0. The molecule has 0 bridgehead atoms. The Morgan fingerprint density at radius 3 is 2.55 bits per heavy atom. The number of rotatable bonds is 3. The van der Waals surface area contributed by atoms with E-state index in [1.54, 1.807) is 6.21 Å². The molecule has 0 saturated heterocycles. The lowest BCUT2D eigenvalue weighted by molar-refractivity contribution is 0.469. The Hall–Kier alpha value is -3.99. The van der Waals surface area contributed by atoms with E-state index in [9.17, 15) is 5.11 Å². The van der Waals surface area contributed by atoms with E-state index >= 15 is 0 Å². The first-order valence-corrected chi connectivity index (χ1v) is 11.0. The van der Waals surface area contributed by atoms with Crippen LogP contribution in [0.5, 0.6) is 5.75 Å². The van der Waals surface area contributed by atoms with E-state index in [2.05, 4.69) is 30.7 Å². The number of fused-ring (bicyclic) bond motifs is 2. The molecule has 2 heterocycles. The van der Waals surface area contributed by atoms with Crippen molar-refractivity contribution < 1.29 is 5.11 Å². The highest BCUT2D eigenvalue weighted by Crippen LogP contribution is 2.31. The van der Waals surface area contributed by atoms with E-state index in [-0.39, 0.29) is 11.2 Å². The van der Waals surface area contributed by atoms with Crippen molar-refractivity contribution in [3.8, 4) is 17.3 Å². The van der Waals surface area contributed by atoms with Crippen LogP contribution in [-0.4, -0.2) is 26.3 Å². The predicted molar refractivity (Wildman–Crippen MR) is 136 cm³/mol. The van der Waals surface area contributed by atoms with Gasteiger partial charge >= 0.3 is 0 Å². The number of aliphatic imine (C=N–C) groups is 1. The fourth-order valence-corrected chi connectivity index (χ4v) is 3.92. The SMILES string of the molecule is Cc1cc(C(C)(C)C)cc(C=Nc2cccc3ccc(-c4nc5ccccc5[nH]4)nc23)c1O. The average molecular weight is 435 g/mol. The van der Waals surface area contributed by atoms with Crippen LogP contribution >= 0.6 is 0 Å². The number of pyridine rings is 1. The maximum Gasteiger partial charge on any atom is 0.157 e. The van der Waals surface area contributed by atoms with E-state index in [0.29, 0.717) is 5.56 Å². The quantitative estimate of drug-likeness (QED) is 0.305. The van der Waals surface area contributed by atoms with Gasteiger partial charge in [-0.05, 0) is 53.8 Å². The number of hydrogen-bond donors (Lipinski definition) is 2. The number of hydrogen-bond acceptors (Lipinski definition) is 4. The molecule has 0 amide bonds. The van der Waals surface area contributed by atoms with Gasteiger partial charge in [-0.3, -0.25) is 4.99 Å². The van der Waals surface area contributed by atoms with Crippen LogP contribution < -0.4 is 0 Å². The molecular formula is C28H26N4O. The smallest absolute Gasteiger partial charge is 0.157 e. The average Bonchev–Trinajstić information content (AvgIpc) is 3.23. The lowest BCUT2D eigenvalue weighted by Gasteiger charge is -2.21. The summed E-state index contributed by atoms with van der Waals surface area (Å²) in [5.74, 6) is 0.978. The molecule has 0 aliphatic carbocycles. The Morgan fingerprint density at radius 2 is 1.76 bits per heavy atom. The summed E-state index contributed by atoms with van der Waals surface area (Å²) in [6.07, 6.45) is 1.72. The molecule has 0 spiro atoms. The number of nitrogens with zero attached hydrogens (tertiary/aromatic N) is 3. The lowest BCUT2D eigenvalue weighted by atomic mass is 9.85. The van der Waals surface area contributed by atoms with E-state index in [0.717, 1.165) is 50.3 Å². The second-order valence-electron chi connectivity index (χ2n) is 9.39. The van der Waals surface area contributed by atoms with Crippen LogP contribution in [-0.2, 0) is 5.41 Å². The van der Waals surface area contributed by atoms with Crippen LogP contribution in [0.15, 0.2) is 71.7 Å². The zero-order valence-corrected chi connectivity index (χ0v) is 19.2. The normalized spacial score (nSPS) is 12.2. The highest BCUT2D eigenvalue weighted by molar-refractivity contribution is 5.94. The highest BCUT2D eigenvalue weighted by Gasteiger charge is 2.17. The third kappa shape index (κ3) is 3.98. The predicted octanol–water partition coefficient (Wildman–Crippen LogP) is 6.84. The molecule has 5 heteroatoms. The molecule has 2 N–H and O–H groups in total. The van der Waals surface area contributed by atoms with Crippen molar-refractivity contribution in [1.82, 2.24) is 15.0 Å². The molecule has 2 aromatic heterocycles. The molecule has 5 rings (SSSR count). The van der Waals surface area contributed by atoms with Gasteiger partial charge in [-0.2, -0.15) is 0 Å². The van der Waals surface area contributed by atoms with Gasteiger partial charge in [-0.1, -0.05) is 57.2 Å². The number of aromatic amines is 1. The molecule has 5 aromatic rings. The van der Waals surface area contributed by atoms with Crippen LogP contribution in [0, 0.1) is 6.92 Å². The summed E-state index contributed by atoms with van der Waals surface area (Å²) in [6, 6.07) is 21.9. The van der Waals surface area contributed by atoms with Gasteiger partial charge in [-0.15, -0.1) is 0 Å². The van der Waals surface area contributed by atoms with Gasteiger partial charge in [0.2, 0.25) is 0 Å².